The van der Waals surface area contributed by atoms with Crippen LogP contribution in [0.5, 0.6) is 0 Å². The second kappa shape index (κ2) is 10.5. The number of halogens is 9. The minimum atomic E-state index is -6.09. The summed E-state index contributed by atoms with van der Waals surface area (Å²) in [5.41, 5.74) is -7.18. The minimum absolute atomic E-state index is 0.592. The Balaban J connectivity index is 0.000000466. The van der Waals surface area contributed by atoms with E-state index in [2.05, 4.69) is 0 Å². The van der Waals surface area contributed by atoms with Crippen molar-refractivity contribution in [3.05, 3.63) is 90.0 Å². The molecule has 0 amide bonds. The maximum Gasteiger partial charge on any atom is 0.485 e. The molecule has 0 aliphatic carbocycles. The van der Waals surface area contributed by atoms with E-state index in [0.29, 0.717) is 9.79 Å². The van der Waals surface area contributed by atoms with E-state index in [4.69, 9.17) is 13.0 Å². The molecule has 0 saturated heterocycles. The van der Waals surface area contributed by atoms with Gasteiger partial charge in [-0.15, -0.1) is 0 Å². The van der Waals surface area contributed by atoms with Crippen LogP contribution in [0.25, 0.3) is 0 Å². The van der Waals surface area contributed by atoms with Crippen LogP contribution >= 0.6 is 0 Å². The number of hydrogen-bond donors (Lipinski definition) is 0. The van der Waals surface area contributed by atoms with Crippen LogP contribution in [0, 0.1) is 0 Å². The van der Waals surface area contributed by atoms with Crippen LogP contribution in [-0.2, 0) is 33.4 Å². The molecular weight excluding hydrogens is 535 g/mol. The van der Waals surface area contributed by atoms with E-state index in [-0.39, 0.29) is 0 Å². The van der Waals surface area contributed by atoms with E-state index >= 15 is 0 Å². The fraction of sp³-hybridized carbons (Fsp3) is 0.143. The first kappa shape index (κ1) is 28.5. The smallest absolute Gasteiger partial charge is 0.485 e. The van der Waals surface area contributed by atoms with Crippen molar-refractivity contribution in [1.82, 2.24) is 0 Å². The topological polar surface area (TPSA) is 57.2 Å². The molecule has 3 nitrogen and oxygen atoms in total. The zero-order valence-electron chi connectivity index (χ0n) is 16.9. The van der Waals surface area contributed by atoms with Crippen LogP contribution in [-0.4, -0.2) is 18.5 Å². The van der Waals surface area contributed by atoms with E-state index in [1.54, 1.807) is 30.3 Å². The third-order valence-electron chi connectivity index (χ3n) is 4.10. The van der Waals surface area contributed by atoms with E-state index in [9.17, 15) is 39.5 Å². The van der Waals surface area contributed by atoms with Gasteiger partial charge in [0, 0.05) is 0 Å². The molecule has 0 saturated carbocycles. The summed E-state index contributed by atoms with van der Waals surface area (Å²) >= 11 is 0. The third-order valence-corrected chi connectivity index (χ3v) is 6.89. The SMILES string of the molecule is FC(F)(F)c1ccc([S+](c2ccccc2)c2ccc(C(F)(F)F)cc2)cc1.O=S(=O)([O-])C(F)(F)F. The largest absolute Gasteiger partial charge is 0.741 e. The van der Waals surface area contributed by atoms with Crippen molar-refractivity contribution in [3.8, 4) is 0 Å². The lowest BCUT2D eigenvalue weighted by atomic mass is 10.2. The van der Waals surface area contributed by atoms with E-state index in [0.717, 1.165) is 29.2 Å². The van der Waals surface area contributed by atoms with Gasteiger partial charge in [-0.2, -0.15) is 39.5 Å². The number of hydrogen-bond acceptors (Lipinski definition) is 3. The third kappa shape index (κ3) is 7.90. The zero-order valence-corrected chi connectivity index (χ0v) is 18.6. The van der Waals surface area contributed by atoms with Crippen LogP contribution in [0.3, 0.4) is 0 Å². The first-order valence-electron chi connectivity index (χ1n) is 9.07. The molecule has 0 aliphatic heterocycles. The highest BCUT2D eigenvalue weighted by Gasteiger charge is 2.37. The molecule has 190 valence electrons. The van der Waals surface area contributed by atoms with Gasteiger partial charge in [0.05, 0.1) is 22.0 Å². The van der Waals surface area contributed by atoms with Crippen molar-refractivity contribution in [2.24, 2.45) is 0 Å². The van der Waals surface area contributed by atoms with Gasteiger partial charge in [-0.05, 0) is 60.7 Å². The summed E-state index contributed by atoms with van der Waals surface area (Å²) < 4.78 is 136. The maximum atomic E-state index is 12.8. The van der Waals surface area contributed by atoms with E-state index in [1.807, 2.05) is 0 Å². The normalized spacial score (nSPS) is 12.8. The summed E-state index contributed by atoms with van der Waals surface area (Å²) in [4.78, 5) is 1.99. The molecular formula is C21H13F9O3S2. The van der Waals surface area contributed by atoms with Crippen LogP contribution in [0.2, 0.25) is 0 Å². The fourth-order valence-electron chi connectivity index (χ4n) is 2.52. The van der Waals surface area contributed by atoms with Crippen molar-refractivity contribution < 1.29 is 52.5 Å². The number of rotatable bonds is 3. The lowest BCUT2D eigenvalue weighted by Gasteiger charge is -2.11. The van der Waals surface area contributed by atoms with Gasteiger partial charge < -0.3 is 4.55 Å². The van der Waals surface area contributed by atoms with Gasteiger partial charge >= 0.3 is 17.9 Å². The monoisotopic (exact) mass is 548 g/mol. The molecule has 0 spiro atoms. The van der Waals surface area contributed by atoms with Crippen molar-refractivity contribution in [1.29, 1.82) is 0 Å². The lowest BCUT2D eigenvalue weighted by Crippen LogP contribution is -2.21. The summed E-state index contributed by atoms with van der Waals surface area (Å²) in [5.74, 6) is 0. The highest BCUT2D eigenvalue weighted by molar-refractivity contribution is 7.97. The minimum Gasteiger partial charge on any atom is -0.741 e. The highest BCUT2D eigenvalue weighted by atomic mass is 32.2. The Kier molecular flexibility index (Phi) is 8.56. The molecule has 3 aromatic carbocycles. The molecule has 0 atom stereocenters. The van der Waals surface area contributed by atoms with Crippen molar-refractivity contribution >= 4 is 21.0 Å². The zero-order chi connectivity index (χ0) is 26.7. The average molecular weight is 548 g/mol. The quantitative estimate of drug-likeness (QED) is 0.155. The van der Waals surface area contributed by atoms with Gasteiger partial charge in [-0.25, -0.2) is 8.42 Å². The molecule has 0 aromatic heterocycles. The molecule has 0 fully saturated rings. The lowest BCUT2D eigenvalue weighted by molar-refractivity contribution is -0.138. The van der Waals surface area contributed by atoms with Crippen molar-refractivity contribution in [3.63, 3.8) is 0 Å². The molecule has 0 radical (unpaired) electrons. The molecule has 14 heteroatoms. The van der Waals surface area contributed by atoms with Gasteiger partial charge in [0.1, 0.15) is 0 Å². The number of alkyl halides is 9. The predicted octanol–water partition coefficient (Wildman–Crippen LogP) is 6.87. The molecule has 3 aromatic rings. The average Bonchev–Trinajstić information content (AvgIpc) is 2.73. The molecule has 35 heavy (non-hydrogen) atoms. The Morgan fingerprint density at radius 2 is 0.829 bits per heavy atom. The predicted molar refractivity (Wildman–Crippen MR) is 107 cm³/mol. The molecule has 0 aliphatic rings. The molecule has 0 heterocycles. The summed E-state index contributed by atoms with van der Waals surface area (Å²) in [5, 5.41) is 0. The molecule has 0 bridgehead atoms. The Morgan fingerprint density at radius 3 is 1.09 bits per heavy atom. The Morgan fingerprint density at radius 1 is 0.543 bits per heavy atom. The summed E-state index contributed by atoms with van der Waals surface area (Å²) in [6.45, 7) is 0. The van der Waals surface area contributed by atoms with Gasteiger partial charge in [0.2, 0.25) is 0 Å². The van der Waals surface area contributed by atoms with E-state index in [1.165, 1.54) is 24.3 Å². The highest BCUT2D eigenvalue weighted by Crippen LogP contribution is 2.36. The second-order valence-corrected chi connectivity index (χ2v) is 9.96. The maximum absolute atomic E-state index is 12.8. The van der Waals surface area contributed by atoms with Crippen LogP contribution in [0.15, 0.2) is 93.5 Å². The first-order valence-corrected chi connectivity index (χ1v) is 11.7. The molecule has 3 rings (SSSR count). The Bertz CT molecular complexity index is 1150. The van der Waals surface area contributed by atoms with Crippen LogP contribution in [0.4, 0.5) is 39.5 Å². The fourth-order valence-corrected chi connectivity index (χ4v) is 4.59. The summed E-state index contributed by atoms with van der Waals surface area (Å²) in [6, 6.07) is 18.4. The van der Waals surface area contributed by atoms with E-state index < -0.39 is 50.0 Å². The van der Waals surface area contributed by atoms with Gasteiger partial charge in [-0.3, -0.25) is 0 Å². The summed E-state index contributed by atoms with van der Waals surface area (Å²) in [6.07, 6.45) is -8.89. The standard InChI is InChI=1S/C20H13F6S.CHF3O3S/c21-19(22,23)14-6-10-17(11-7-14)27(16-4-2-1-3-5-16)18-12-8-15(9-13-18)20(24,25)26;2-1(3,4)8(5,6)7/h1-13H;(H,5,6,7)/q+1;/p-1. The van der Waals surface area contributed by atoms with Crippen LogP contribution in [0.1, 0.15) is 11.1 Å². The van der Waals surface area contributed by atoms with Gasteiger partial charge in [-0.1, -0.05) is 18.2 Å². The molecule has 0 unspecified atom stereocenters. The number of benzene rings is 3. The summed E-state index contributed by atoms with van der Waals surface area (Å²) in [7, 11) is -6.91. The first-order chi connectivity index (χ1) is 15.9. The van der Waals surface area contributed by atoms with Gasteiger partial charge in [0.15, 0.2) is 24.8 Å². The van der Waals surface area contributed by atoms with Crippen molar-refractivity contribution in [2.75, 3.05) is 0 Å². The second-order valence-electron chi connectivity index (χ2n) is 6.56. The molecule has 0 N–H and O–H groups in total. The van der Waals surface area contributed by atoms with Crippen molar-refractivity contribution in [2.45, 2.75) is 32.5 Å². The Labute approximate surface area is 196 Å². The Hall–Kier alpha value is -2.71. The van der Waals surface area contributed by atoms with Gasteiger partial charge in [0.25, 0.3) is 0 Å². The van der Waals surface area contributed by atoms with Crippen LogP contribution < -0.4 is 0 Å².